The number of alkyl halides is 2. The van der Waals surface area contributed by atoms with Crippen LogP contribution in [0.3, 0.4) is 0 Å². The summed E-state index contributed by atoms with van der Waals surface area (Å²) in [5.41, 5.74) is 1.58. The van der Waals surface area contributed by atoms with Crippen molar-refractivity contribution in [1.82, 2.24) is 9.78 Å². The number of fused-ring (bicyclic) bond motifs is 3. The molecular formula is C19H18Cl2F2N3O2+. The van der Waals surface area contributed by atoms with Crippen LogP contribution < -0.4 is 0 Å². The Kier molecular flexibility index (Phi) is 4.80. The molecule has 2 aliphatic rings. The summed E-state index contributed by atoms with van der Waals surface area (Å²) in [6.45, 7) is 2.06. The molecule has 148 valence electrons. The Labute approximate surface area is 170 Å². The van der Waals surface area contributed by atoms with E-state index in [-0.39, 0.29) is 36.0 Å². The second-order valence-corrected chi connectivity index (χ2v) is 8.02. The van der Waals surface area contributed by atoms with Gasteiger partial charge in [0, 0.05) is 13.5 Å². The zero-order chi connectivity index (χ0) is 20.2. The molecule has 3 heterocycles. The number of amides is 1. The number of hydrogen-bond acceptors (Lipinski definition) is 3. The molecule has 1 amide bonds. The van der Waals surface area contributed by atoms with Crippen LogP contribution in [0.5, 0.6) is 0 Å². The standard InChI is InChI=1S/C19H18Cl2F2N3O2/c1-10-7-15-12(17-19(22,23)16(27)3-2-6-26(17)24-15)9-25(10)18(28)11-4-5-13(20)14(21)8-11/h4-5,8,16,27H,2-3,6-7,9H2,1H3/q+1. The second-order valence-electron chi connectivity index (χ2n) is 7.21. The van der Waals surface area contributed by atoms with E-state index in [9.17, 15) is 18.7 Å². The minimum absolute atomic E-state index is 0.00219. The van der Waals surface area contributed by atoms with Crippen LogP contribution in [0.2, 0.25) is 10.0 Å². The van der Waals surface area contributed by atoms with E-state index < -0.39 is 12.0 Å². The zero-order valence-corrected chi connectivity index (χ0v) is 16.6. The molecule has 1 aromatic heterocycles. The van der Waals surface area contributed by atoms with Gasteiger partial charge in [-0.25, -0.2) is 4.79 Å². The van der Waals surface area contributed by atoms with E-state index in [0.717, 1.165) is 0 Å². The van der Waals surface area contributed by atoms with Gasteiger partial charge in [-0.15, -0.1) is 0 Å². The van der Waals surface area contributed by atoms with E-state index in [4.69, 9.17) is 23.2 Å². The Morgan fingerprint density at radius 2 is 2.11 bits per heavy atom. The van der Waals surface area contributed by atoms with Gasteiger partial charge in [0.25, 0.3) is 0 Å². The fourth-order valence-corrected chi connectivity index (χ4v) is 4.12. The number of carbonyl (C=O) groups is 1. The third kappa shape index (κ3) is 3.06. The molecule has 1 unspecified atom stereocenters. The molecule has 2 aromatic rings. The second kappa shape index (κ2) is 6.90. The molecule has 5 nitrogen and oxygen atoms in total. The lowest BCUT2D eigenvalue weighted by atomic mass is 9.97. The Hall–Kier alpha value is -1.83. The molecule has 1 N–H and O–H groups in total. The van der Waals surface area contributed by atoms with Crippen molar-refractivity contribution in [2.24, 2.45) is 0 Å². The first-order valence-electron chi connectivity index (χ1n) is 8.94. The molecule has 0 saturated heterocycles. The van der Waals surface area contributed by atoms with Crippen LogP contribution in [0.1, 0.15) is 47.1 Å². The first kappa shape index (κ1) is 19.5. The number of benzene rings is 1. The highest BCUT2D eigenvalue weighted by atomic mass is 35.5. The highest BCUT2D eigenvalue weighted by molar-refractivity contribution is 6.42. The maximum atomic E-state index is 14.9. The van der Waals surface area contributed by atoms with Gasteiger partial charge in [-0.3, -0.25) is 4.68 Å². The van der Waals surface area contributed by atoms with Crippen LogP contribution in [0.25, 0.3) is 0 Å². The van der Waals surface area contributed by atoms with Crippen molar-refractivity contribution >= 4 is 34.8 Å². The van der Waals surface area contributed by atoms with Crippen molar-refractivity contribution in [2.75, 3.05) is 0 Å². The summed E-state index contributed by atoms with van der Waals surface area (Å²) in [7, 11) is 0. The fraction of sp³-hybridized carbons (Fsp3) is 0.421. The topological polar surface area (TPSA) is 58.1 Å². The van der Waals surface area contributed by atoms with Gasteiger partial charge >= 0.3 is 11.8 Å². The number of aromatic nitrogens is 2. The molecule has 0 aliphatic carbocycles. The van der Waals surface area contributed by atoms with Crippen molar-refractivity contribution in [3.63, 3.8) is 0 Å². The van der Waals surface area contributed by atoms with Crippen LogP contribution in [-0.4, -0.2) is 37.2 Å². The van der Waals surface area contributed by atoms with E-state index in [2.05, 4.69) is 5.10 Å². The number of aryl methyl sites for hydroxylation is 1. The molecule has 0 radical (unpaired) electrons. The van der Waals surface area contributed by atoms with Crippen molar-refractivity contribution in [3.8, 4) is 0 Å². The highest BCUT2D eigenvalue weighted by Crippen LogP contribution is 2.40. The van der Waals surface area contributed by atoms with Gasteiger partial charge in [0.15, 0.2) is 12.3 Å². The predicted molar refractivity (Wildman–Crippen MR) is 101 cm³/mol. The SMILES string of the molecule is CC1=[N+](C(=O)c2ccc(Cl)c(Cl)c2)Cc2c(nn3c2C(F)(F)C(O)CCC3)C1. The third-order valence-electron chi connectivity index (χ3n) is 5.33. The quantitative estimate of drug-likeness (QED) is 0.702. The summed E-state index contributed by atoms with van der Waals surface area (Å²) in [4.78, 5) is 13.0. The van der Waals surface area contributed by atoms with Crippen LogP contribution in [0.4, 0.5) is 8.78 Å². The molecule has 1 aromatic carbocycles. The smallest absolute Gasteiger partial charge is 0.386 e. The molecule has 9 heteroatoms. The van der Waals surface area contributed by atoms with E-state index in [1.165, 1.54) is 21.4 Å². The lowest BCUT2D eigenvalue weighted by Gasteiger charge is -2.22. The monoisotopic (exact) mass is 428 g/mol. The summed E-state index contributed by atoms with van der Waals surface area (Å²) in [6.07, 6.45) is -1.06. The minimum atomic E-state index is -3.42. The number of nitrogens with zero attached hydrogens (tertiary/aromatic N) is 3. The van der Waals surface area contributed by atoms with Gasteiger partial charge in [0.1, 0.15) is 11.8 Å². The van der Waals surface area contributed by atoms with Gasteiger partial charge in [-0.05, 0) is 31.0 Å². The molecule has 0 saturated carbocycles. The summed E-state index contributed by atoms with van der Waals surface area (Å²) >= 11 is 11.9. The normalized spacial score (nSPS) is 21.1. The van der Waals surface area contributed by atoms with Gasteiger partial charge in [0.05, 0.1) is 33.3 Å². The van der Waals surface area contributed by atoms with Gasteiger partial charge in [0.2, 0.25) is 0 Å². The van der Waals surface area contributed by atoms with E-state index in [1.54, 1.807) is 13.0 Å². The molecule has 0 fully saturated rings. The number of rotatable bonds is 1. The van der Waals surface area contributed by atoms with Crippen LogP contribution in [0, 0.1) is 0 Å². The summed E-state index contributed by atoms with van der Waals surface area (Å²) in [5.74, 6) is -3.76. The zero-order valence-electron chi connectivity index (χ0n) is 15.1. The van der Waals surface area contributed by atoms with E-state index in [0.29, 0.717) is 40.5 Å². The lowest BCUT2D eigenvalue weighted by Crippen LogP contribution is -2.35. The van der Waals surface area contributed by atoms with Gasteiger partial charge < -0.3 is 5.11 Å². The molecular weight excluding hydrogens is 411 g/mol. The Morgan fingerprint density at radius 1 is 1.36 bits per heavy atom. The lowest BCUT2D eigenvalue weighted by molar-refractivity contribution is -0.449. The van der Waals surface area contributed by atoms with Gasteiger partial charge in [-0.1, -0.05) is 23.2 Å². The first-order chi connectivity index (χ1) is 13.2. The van der Waals surface area contributed by atoms with Crippen molar-refractivity contribution in [3.05, 3.63) is 50.8 Å². The van der Waals surface area contributed by atoms with Crippen molar-refractivity contribution in [1.29, 1.82) is 0 Å². The van der Waals surface area contributed by atoms with E-state index >= 15 is 0 Å². The molecule has 4 rings (SSSR count). The summed E-state index contributed by atoms with van der Waals surface area (Å²) in [5, 5.41) is 14.9. The Morgan fingerprint density at radius 3 is 2.82 bits per heavy atom. The number of aliphatic hydroxyl groups excluding tert-OH is 1. The Bertz CT molecular complexity index is 1020. The number of aliphatic hydroxyl groups is 1. The summed E-state index contributed by atoms with van der Waals surface area (Å²) < 4.78 is 32.5. The van der Waals surface area contributed by atoms with Crippen molar-refractivity contribution in [2.45, 2.75) is 51.3 Å². The molecule has 1 atom stereocenters. The fourth-order valence-electron chi connectivity index (χ4n) is 3.83. The third-order valence-corrected chi connectivity index (χ3v) is 6.07. The first-order valence-corrected chi connectivity index (χ1v) is 9.70. The number of carbonyl (C=O) groups excluding carboxylic acids is 1. The van der Waals surface area contributed by atoms with Crippen LogP contribution in [0.15, 0.2) is 18.2 Å². The van der Waals surface area contributed by atoms with Crippen LogP contribution >= 0.6 is 23.2 Å². The maximum absolute atomic E-state index is 14.9. The van der Waals surface area contributed by atoms with Crippen LogP contribution in [-0.2, 0) is 25.4 Å². The molecule has 28 heavy (non-hydrogen) atoms. The number of halogens is 4. The molecule has 2 aliphatic heterocycles. The van der Waals surface area contributed by atoms with Gasteiger partial charge in [-0.2, -0.15) is 18.5 Å². The predicted octanol–water partition coefficient (Wildman–Crippen LogP) is 3.81. The van der Waals surface area contributed by atoms with E-state index in [1.807, 2.05) is 0 Å². The number of hydrogen-bond donors (Lipinski definition) is 1. The Balaban J connectivity index is 1.75. The highest BCUT2D eigenvalue weighted by Gasteiger charge is 2.49. The minimum Gasteiger partial charge on any atom is -0.386 e. The average Bonchev–Trinajstić information content (AvgIpc) is 2.95. The maximum Gasteiger partial charge on any atom is 0.419 e. The molecule has 0 bridgehead atoms. The molecule has 0 spiro atoms. The summed E-state index contributed by atoms with van der Waals surface area (Å²) in [6, 6.07) is 4.54. The largest absolute Gasteiger partial charge is 0.419 e. The van der Waals surface area contributed by atoms with Crippen molar-refractivity contribution < 1.29 is 23.3 Å². The average molecular weight is 429 g/mol.